The molecule has 2 rings (SSSR count). The summed E-state index contributed by atoms with van der Waals surface area (Å²) in [6, 6.07) is 3.74. The van der Waals surface area contributed by atoms with Crippen LogP contribution < -0.4 is 10.0 Å². The van der Waals surface area contributed by atoms with Gasteiger partial charge in [-0.15, -0.1) is 10.2 Å². The summed E-state index contributed by atoms with van der Waals surface area (Å²) in [6.45, 7) is 1.67. The Balaban J connectivity index is 2.49. The van der Waals surface area contributed by atoms with Gasteiger partial charge >= 0.3 is 0 Å². The zero-order valence-electron chi connectivity index (χ0n) is 11.0. The summed E-state index contributed by atoms with van der Waals surface area (Å²) in [7, 11) is -2.55. The van der Waals surface area contributed by atoms with Crippen molar-refractivity contribution < 1.29 is 13.3 Å². The highest BCUT2D eigenvalue weighted by atomic mass is 32.2. The predicted octanol–water partition coefficient (Wildman–Crippen LogP) is 1.60. The molecule has 0 radical (unpaired) electrons. The van der Waals surface area contributed by atoms with Crippen LogP contribution in [0.1, 0.15) is 5.01 Å². The second kappa shape index (κ2) is 5.61. The molecule has 2 aromatic rings. The minimum absolute atomic E-state index is 0.0525. The number of aromatic nitrogens is 2. The lowest BCUT2D eigenvalue weighted by molar-refractivity contribution is -0.387. The fourth-order valence-corrected chi connectivity index (χ4v) is 3.56. The summed E-state index contributed by atoms with van der Waals surface area (Å²) in [5.74, 6) is 0. The van der Waals surface area contributed by atoms with Crippen molar-refractivity contribution in [2.45, 2.75) is 11.8 Å². The van der Waals surface area contributed by atoms with Crippen molar-refractivity contribution >= 4 is 37.9 Å². The molecule has 1 aromatic carbocycles. The molecule has 112 valence electrons. The number of nitrogens with one attached hydrogen (secondary N) is 2. The van der Waals surface area contributed by atoms with Crippen molar-refractivity contribution in [3.8, 4) is 0 Å². The molecule has 0 spiro atoms. The van der Waals surface area contributed by atoms with Gasteiger partial charge in [-0.2, -0.15) is 0 Å². The third-order valence-corrected chi connectivity index (χ3v) is 4.73. The fraction of sp³-hybridized carbons (Fsp3) is 0.200. The monoisotopic (exact) mass is 329 g/mol. The highest BCUT2D eigenvalue weighted by Gasteiger charge is 2.27. The number of rotatable bonds is 5. The largest absolute Gasteiger partial charge is 0.388 e. The number of nitrogens with zero attached hydrogens (tertiary/aromatic N) is 3. The van der Waals surface area contributed by atoms with E-state index in [9.17, 15) is 18.5 Å². The van der Waals surface area contributed by atoms with Crippen LogP contribution in [0.25, 0.3) is 0 Å². The summed E-state index contributed by atoms with van der Waals surface area (Å²) < 4.78 is 26.8. The van der Waals surface area contributed by atoms with E-state index < -0.39 is 25.5 Å². The van der Waals surface area contributed by atoms with Crippen molar-refractivity contribution in [1.82, 2.24) is 10.2 Å². The second-order valence-electron chi connectivity index (χ2n) is 3.92. The molecule has 1 heterocycles. The number of aryl methyl sites for hydroxylation is 1. The van der Waals surface area contributed by atoms with Crippen molar-refractivity contribution in [1.29, 1.82) is 0 Å². The molecule has 0 atom stereocenters. The smallest absolute Gasteiger partial charge is 0.290 e. The second-order valence-corrected chi connectivity index (χ2v) is 6.75. The van der Waals surface area contributed by atoms with Gasteiger partial charge in [0.1, 0.15) is 5.01 Å². The summed E-state index contributed by atoms with van der Waals surface area (Å²) in [5.41, 5.74) is -0.0721. The van der Waals surface area contributed by atoms with Crippen LogP contribution in [-0.4, -0.2) is 30.6 Å². The van der Waals surface area contributed by atoms with Gasteiger partial charge in [0.25, 0.3) is 15.7 Å². The van der Waals surface area contributed by atoms with Crippen molar-refractivity contribution in [3.05, 3.63) is 33.3 Å². The first kappa shape index (κ1) is 15.1. The van der Waals surface area contributed by atoms with Gasteiger partial charge in [0.2, 0.25) is 5.13 Å². The molecule has 21 heavy (non-hydrogen) atoms. The quantitative estimate of drug-likeness (QED) is 0.630. The third kappa shape index (κ3) is 3.25. The average molecular weight is 329 g/mol. The fourth-order valence-electron chi connectivity index (χ4n) is 1.54. The molecule has 0 unspecified atom stereocenters. The van der Waals surface area contributed by atoms with E-state index in [1.54, 1.807) is 14.0 Å². The molecule has 0 aliphatic heterocycles. The number of sulfonamides is 1. The molecule has 0 aliphatic rings. The molecular formula is C10H11N5O4S2. The van der Waals surface area contributed by atoms with Crippen LogP contribution in [-0.2, 0) is 10.0 Å². The molecule has 0 saturated carbocycles. The van der Waals surface area contributed by atoms with Crippen LogP contribution in [0, 0.1) is 17.0 Å². The van der Waals surface area contributed by atoms with E-state index in [1.165, 1.54) is 12.1 Å². The average Bonchev–Trinajstić information content (AvgIpc) is 2.82. The lowest BCUT2D eigenvalue weighted by Crippen LogP contribution is -2.15. The van der Waals surface area contributed by atoms with Gasteiger partial charge in [-0.1, -0.05) is 11.3 Å². The van der Waals surface area contributed by atoms with Gasteiger partial charge in [0.15, 0.2) is 4.90 Å². The van der Waals surface area contributed by atoms with E-state index >= 15 is 0 Å². The molecule has 0 fully saturated rings. The Morgan fingerprint density at radius 3 is 2.57 bits per heavy atom. The van der Waals surface area contributed by atoms with Gasteiger partial charge in [0.05, 0.1) is 4.92 Å². The minimum Gasteiger partial charge on any atom is -0.388 e. The van der Waals surface area contributed by atoms with Gasteiger partial charge in [-0.25, -0.2) is 8.42 Å². The number of hydrogen-bond donors (Lipinski definition) is 2. The Hall–Kier alpha value is -2.27. The Kier molecular flexibility index (Phi) is 4.04. The maximum atomic E-state index is 12.3. The third-order valence-electron chi connectivity index (χ3n) is 2.48. The Labute approximate surface area is 124 Å². The maximum absolute atomic E-state index is 12.3. The van der Waals surface area contributed by atoms with Crippen molar-refractivity contribution in [2.75, 3.05) is 17.1 Å². The van der Waals surface area contributed by atoms with Crippen molar-refractivity contribution in [2.24, 2.45) is 0 Å². The molecule has 0 saturated heterocycles. The van der Waals surface area contributed by atoms with E-state index in [2.05, 4.69) is 20.2 Å². The van der Waals surface area contributed by atoms with Gasteiger partial charge in [-0.05, 0) is 19.1 Å². The Bertz CT molecular complexity index is 786. The maximum Gasteiger partial charge on any atom is 0.290 e. The highest BCUT2D eigenvalue weighted by molar-refractivity contribution is 7.93. The summed E-state index contributed by atoms with van der Waals surface area (Å²) in [5, 5.41) is 21.7. The zero-order chi connectivity index (χ0) is 15.6. The summed E-state index contributed by atoms with van der Waals surface area (Å²) >= 11 is 1.04. The molecule has 0 amide bonds. The van der Waals surface area contributed by atoms with Crippen LogP contribution in [0.4, 0.5) is 16.5 Å². The number of hydrogen-bond acceptors (Lipinski definition) is 8. The Morgan fingerprint density at radius 1 is 1.33 bits per heavy atom. The summed E-state index contributed by atoms with van der Waals surface area (Å²) in [6.07, 6.45) is 0. The van der Waals surface area contributed by atoms with Crippen LogP contribution in [0.5, 0.6) is 0 Å². The number of anilines is 2. The first-order valence-electron chi connectivity index (χ1n) is 5.62. The van der Waals surface area contributed by atoms with Gasteiger partial charge in [0, 0.05) is 18.8 Å². The Morgan fingerprint density at radius 2 is 2.05 bits per heavy atom. The van der Waals surface area contributed by atoms with E-state index in [4.69, 9.17) is 0 Å². The molecule has 11 heteroatoms. The number of benzene rings is 1. The molecule has 0 bridgehead atoms. The number of nitro benzene ring substituents is 1. The van der Waals surface area contributed by atoms with Gasteiger partial charge in [-0.3, -0.25) is 14.8 Å². The molecule has 0 aliphatic carbocycles. The first-order chi connectivity index (χ1) is 9.83. The molecule has 2 N–H and O–H groups in total. The number of nitro groups is 1. The van der Waals surface area contributed by atoms with Crippen LogP contribution >= 0.6 is 11.3 Å². The predicted molar refractivity (Wildman–Crippen MR) is 78.1 cm³/mol. The van der Waals surface area contributed by atoms with Crippen LogP contribution in [0.3, 0.4) is 0 Å². The minimum atomic E-state index is -4.13. The molecular weight excluding hydrogens is 318 g/mol. The standard InChI is InChI=1S/C10H11N5O4S2/c1-6-12-13-10(20-6)14-21(18,19)9-5-7(11-2)3-4-8(9)15(16)17/h3-5,11H,1-2H3,(H,13,14). The highest BCUT2D eigenvalue weighted by Crippen LogP contribution is 2.29. The SMILES string of the molecule is CNc1ccc([N+](=O)[O-])c(S(=O)(=O)Nc2nnc(C)s2)c1. The lowest BCUT2D eigenvalue weighted by Gasteiger charge is -2.07. The van der Waals surface area contributed by atoms with E-state index in [1.807, 2.05) is 0 Å². The first-order valence-corrected chi connectivity index (χ1v) is 7.92. The summed E-state index contributed by atoms with van der Waals surface area (Å²) in [4.78, 5) is 9.80. The van der Waals surface area contributed by atoms with Crippen LogP contribution in [0.2, 0.25) is 0 Å². The van der Waals surface area contributed by atoms with E-state index in [0.29, 0.717) is 10.7 Å². The van der Waals surface area contributed by atoms with E-state index in [0.717, 1.165) is 17.4 Å². The molecule has 1 aromatic heterocycles. The molecule has 9 nitrogen and oxygen atoms in total. The zero-order valence-corrected chi connectivity index (χ0v) is 12.7. The topological polar surface area (TPSA) is 127 Å². The van der Waals surface area contributed by atoms with Crippen LogP contribution in [0.15, 0.2) is 23.1 Å². The normalized spacial score (nSPS) is 11.1. The van der Waals surface area contributed by atoms with Crippen molar-refractivity contribution in [3.63, 3.8) is 0 Å². The van der Waals surface area contributed by atoms with E-state index in [-0.39, 0.29) is 5.13 Å². The van der Waals surface area contributed by atoms with Gasteiger partial charge < -0.3 is 5.32 Å². The lowest BCUT2D eigenvalue weighted by atomic mass is 10.3.